The Morgan fingerprint density at radius 2 is 2.07 bits per heavy atom. The molecule has 2 rings (SSSR count). The van der Waals surface area contributed by atoms with Crippen molar-refractivity contribution in [3.05, 3.63) is 28.8 Å². The van der Waals surface area contributed by atoms with Crippen LogP contribution >= 0.6 is 23.4 Å². The molecule has 0 spiro atoms. The molecule has 1 aromatic rings. The normalized spacial score (nSPS) is 17.9. The van der Waals surface area contributed by atoms with Crippen LogP contribution < -0.4 is 5.73 Å². The molecule has 1 heterocycles. The predicted octanol–water partition coefficient (Wildman–Crippen LogP) is 2.47. The molecule has 2 nitrogen and oxygen atoms in total. The van der Waals surface area contributed by atoms with Crippen LogP contribution in [0.1, 0.15) is 5.56 Å². The van der Waals surface area contributed by atoms with Gasteiger partial charge in [0.2, 0.25) is 0 Å². The zero-order chi connectivity index (χ0) is 10.7. The maximum atomic E-state index is 5.88. The molecule has 4 heteroatoms. The summed E-state index contributed by atoms with van der Waals surface area (Å²) in [6.07, 6.45) is 0. The third kappa shape index (κ3) is 3.03. The second-order valence-corrected chi connectivity index (χ2v) is 5.38. The zero-order valence-corrected chi connectivity index (χ0v) is 10.2. The lowest BCUT2D eigenvalue weighted by Gasteiger charge is -2.26. The third-order valence-electron chi connectivity index (χ3n) is 2.57. The van der Waals surface area contributed by atoms with Crippen LogP contribution in [0.2, 0.25) is 5.02 Å². The lowest BCUT2D eigenvalue weighted by Crippen LogP contribution is -2.31. The first-order chi connectivity index (χ1) is 7.25. The van der Waals surface area contributed by atoms with Gasteiger partial charge in [0.15, 0.2) is 0 Å². The average molecular weight is 243 g/mol. The molecule has 15 heavy (non-hydrogen) atoms. The highest BCUT2D eigenvalue weighted by Gasteiger charge is 2.10. The van der Waals surface area contributed by atoms with Crippen molar-refractivity contribution in [2.45, 2.75) is 6.54 Å². The van der Waals surface area contributed by atoms with Gasteiger partial charge in [-0.1, -0.05) is 17.7 Å². The molecule has 1 aliphatic rings. The fourth-order valence-corrected chi connectivity index (χ4v) is 2.81. The molecule has 1 aliphatic heterocycles. The van der Waals surface area contributed by atoms with E-state index in [0.717, 1.165) is 6.54 Å². The summed E-state index contributed by atoms with van der Waals surface area (Å²) in [5.74, 6) is 2.48. The topological polar surface area (TPSA) is 29.3 Å². The van der Waals surface area contributed by atoms with Gasteiger partial charge in [-0.05, 0) is 17.7 Å². The quantitative estimate of drug-likeness (QED) is 0.808. The Hall–Kier alpha value is -0.380. The number of thioether (sulfide) groups is 1. The lowest BCUT2D eigenvalue weighted by molar-refractivity contribution is 0.294. The van der Waals surface area contributed by atoms with Crippen LogP contribution in [0.25, 0.3) is 0 Å². The van der Waals surface area contributed by atoms with Crippen molar-refractivity contribution in [1.29, 1.82) is 0 Å². The van der Waals surface area contributed by atoms with Crippen molar-refractivity contribution >= 4 is 29.1 Å². The van der Waals surface area contributed by atoms with Crippen molar-refractivity contribution in [3.8, 4) is 0 Å². The summed E-state index contributed by atoms with van der Waals surface area (Å²) >= 11 is 7.91. The van der Waals surface area contributed by atoms with E-state index in [1.165, 1.54) is 30.2 Å². The van der Waals surface area contributed by atoms with Gasteiger partial charge < -0.3 is 5.73 Å². The first-order valence-corrected chi connectivity index (χ1v) is 6.63. The summed E-state index contributed by atoms with van der Waals surface area (Å²) in [6, 6.07) is 5.91. The number of rotatable bonds is 2. The number of nitrogen functional groups attached to an aromatic ring is 1. The molecule has 1 fully saturated rings. The summed E-state index contributed by atoms with van der Waals surface area (Å²) in [7, 11) is 0. The maximum Gasteiger partial charge on any atom is 0.0635 e. The van der Waals surface area contributed by atoms with Crippen molar-refractivity contribution in [2.24, 2.45) is 0 Å². The standard InChI is InChI=1S/C11H15ClN2S/c12-10-2-1-9(7-11(10)13)8-14-3-5-15-6-4-14/h1-2,7H,3-6,8,13H2. The van der Waals surface area contributed by atoms with E-state index in [0.29, 0.717) is 10.7 Å². The Balaban J connectivity index is 2.00. The lowest BCUT2D eigenvalue weighted by atomic mass is 10.2. The van der Waals surface area contributed by atoms with Gasteiger partial charge in [0, 0.05) is 31.1 Å². The Kier molecular flexibility index (Phi) is 3.78. The van der Waals surface area contributed by atoms with Crippen LogP contribution in [0, 0.1) is 0 Å². The van der Waals surface area contributed by atoms with E-state index < -0.39 is 0 Å². The number of nitrogens with zero attached hydrogens (tertiary/aromatic N) is 1. The van der Waals surface area contributed by atoms with Gasteiger partial charge in [0.05, 0.1) is 10.7 Å². The Bertz CT molecular complexity index is 337. The summed E-state index contributed by atoms with van der Waals surface area (Å²) in [4.78, 5) is 2.46. The summed E-state index contributed by atoms with van der Waals surface area (Å²) in [5, 5.41) is 0.646. The van der Waals surface area contributed by atoms with E-state index in [4.69, 9.17) is 17.3 Å². The van der Waals surface area contributed by atoms with Gasteiger partial charge >= 0.3 is 0 Å². The van der Waals surface area contributed by atoms with E-state index in [2.05, 4.69) is 11.0 Å². The molecule has 0 aliphatic carbocycles. The highest BCUT2D eigenvalue weighted by Crippen LogP contribution is 2.21. The monoisotopic (exact) mass is 242 g/mol. The molecular weight excluding hydrogens is 228 g/mol. The summed E-state index contributed by atoms with van der Waals surface area (Å²) < 4.78 is 0. The van der Waals surface area contributed by atoms with Gasteiger partial charge in [0.25, 0.3) is 0 Å². The van der Waals surface area contributed by atoms with Crippen LogP contribution in [0.3, 0.4) is 0 Å². The van der Waals surface area contributed by atoms with Crippen molar-refractivity contribution in [2.75, 3.05) is 30.3 Å². The number of benzene rings is 1. The number of hydrogen-bond acceptors (Lipinski definition) is 3. The smallest absolute Gasteiger partial charge is 0.0635 e. The summed E-state index contributed by atoms with van der Waals surface area (Å²) in [5.41, 5.74) is 7.71. The Morgan fingerprint density at radius 3 is 2.73 bits per heavy atom. The van der Waals surface area contributed by atoms with Gasteiger partial charge in [-0.2, -0.15) is 11.8 Å². The van der Waals surface area contributed by atoms with Gasteiger partial charge in [-0.25, -0.2) is 0 Å². The Morgan fingerprint density at radius 1 is 1.33 bits per heavy atom. The molecular formula is C11H15ClN2S. The second kappa shape index (κ2) is 5.10. The minimum Gasteiger partial charge on any atom is -0.398 e. The van der Waals surface area contributed by atoms with E-state index in [9.17, 15) is 0 Å². The van der Waals surface area contributed by atoms with Crippen molar-refractivity contribution < 1.29 is 0 Å². The third-order valence-corrected chi connectivity index (χ3v) is 3.86. The van der Waals surface area contributed by atoms with Crippen molar-refractivity contribution in [3.63, 3.8) is 0 Å². The van der Waals surface area contributed by atoms with E-state index >= 15 is 0 Å². The van der Waals surface area contributed by atoms with Gasteiger partial charge in [0.1, 0.15) is 0 Å². The van der Waals surface area contributed by atoms with Crippen LogP contribution in [-0.4, -0.2) is 29.5 Å². The van der Waals surface area contributed by atoms with Crippen LogP contribution in [-0.2, 0) is 6.54 Å². The minimum absolute atomic E-state index is 0.646. The molecule has 0 unspecified atom stereocenters. The van der Waals surface area contributed by atoms with Crippen LogP contribution in [0.5, 0.6) is 0 Å². The maximum absolute atomic E-state index is 5.88. The largest absolute Gasteiger partial charge is 0.398 e. The average Bonchev–Trinajstić information content (AvgIpc) is 2.25. The van der Waals surface area contributed by atoms with Crippen molar-refractivity contribution in [1.82, 2.24) is 4.90 Å². The zero-order valence-electron chi connectivity index (χ0n) is 8.58. The molecule has 0 saturated carbocycles. The molecule has 0 atom stereocenters. The van der Waals surface area contributed by atoms with Gasteiger partial charge in [-0.15, -0.1) is 0 Å². The molecule has 1 saturated heterocycles. The van der Waals surface area contributed by atoms with E-state index in [-0.39, 0.29) is 0 Å². The summed E-state index contributed by atoms with van der Waals surface area (Å²) in [6.45, 7) is 3.34. The second-order valence-electron chi connectivity index (χ2n) is 3.74. The fraction of sp³-hybridized carbons (Fsp3) is 0.455. The Labute approximate surface area is 99.8 Å². The minimum atomic E-state index is 0.646. The molecule has 0 bridgehead atoms. The van der Waals surface area contributed by atoms with Crippen LogP contribution in [0.4, 0.5) is 5.69 Å². The molecule has 0 amide bonds. The molecule has 1 aromatic carbocycles. The van der Waals surface area contributed by atoms with E-state index in [1.54, 1.807) is 0 Å². The van der Waals surface area contributed by atoms with Crippen LogP contribution in [0.15, 0.2) is 18.2 Å². The first-order valence-electron chi connectivity index (χ1n) is 5.10. The fourth-order valence-electron chi connectivity index (χ4n) is 1.71. The number of hydrogen-bond donors (Lipinski definition) is 1. The number of halogens is 1. The predicted molar refractivity (Wildman–Crippen MR) is 68.5 cm³/mol. The highest BCUT2D eigenvalue weighted by atomic mass is 35.5. The molecule has 0 aromatic heterocycles. The first kappa shape index (κ1) is 11.1. The van der Waals surface area contributed by atoms with E-state index in [1.807, 2.05) is 23.9 Å². The SMILES string of the molecule is Nc1cc(CN2CCSCC2)ccc1Cl. The highest BCUT2D eigenvalue weighted by molar-refractivity contribution is 7.99. The number of anilines is 1. The molecule has 2 N–H and O–H groups in total. The number of nitrogens with two attached hydrogens (primary N) is 1. The molecule has 82 valence electrons. The van der Waals surface area contributed by atoms with Gasteiger partial charge in [-0.3, -0.25) is 4.90 Å². The molecule has 0 radical (unpaired) electrons.